The van der Waals surface area contributed by atoms with E-state index in [0.717, 1.165) is 23.9 Å². The van der Waals surface area contributed by atoms with Crippen LogP contribution in [0.2, 0.25) is 0 Å². The van der Waals surface area contributed by atoms with Crippen LogP contribution in [0.4, 0.5) is 5.69 Å². The Hall–Kier alpha value is -3.95. The number of rotatable bonds is 7. The number of nitrogens with one attached hydrogen (secondary N) is 2. The van der Waals surface area contributed by atoms with Crippen molar-refractivity contribution in [1.82, 2.24) is 10.7 Å². The Morgan fingerprint density at radius 3 is 2.80 bits per heavy atom. The third-order valence-corrected chi connectivity index (χ3v) is 4.67. The highest BCUT2D eigenvalue weighted by molar-refractivity contribution is 6.03. The van der Waals surface area contributed by atoms with Gasteiger partial charge in [0.05, 0.1) is 23.8 Å². The quantitative estimate of drug-likeness (QED) is 0.273. The maximum Gasteiger partial charge on any atom is 0.274 e. The van der Waals surface area contributed by atoms with Crippen molar-refractivity contribution in [2.45, 2.75) is 12.8 Å². The molecule has 0 saturated carbocycles. The first-order chi connectivity index (χ1) is 14.4. The van der Waals surface area contributed by atoms with Crippen molar-refractivity contribution < 1.29 is 24.4 Å². The first kappa shape index (κ1) is 20.8. The SMILES string of the molecule is CCOc1cc([N+](=O)[O-])cc(/C=N/NC(=O)[C@H]2C(=O)NC[C@H]2c2ccccc2)c1O. The van der Waals surface area contributed by atoms with Crippen LogP contribution in [0.1, 0.15) is 24.0 Å². The monoisotopic (exact) mass is 412 g/mol. The van der Waals surface area contributed by atoms with Gasteiger partial charge in [-0.1, -0.05) is 30.3 Å². The van der Waals surface area contributed by atoms with E-state index in [0.29, 0.717) is 6.54 Å². The van der Waals surface area contributed by atoms with Crippen LogP contribution in [-0.2, 0) is 9.59 Å². The zero-order valence-corrected chi connectivity index (χ0v) is 16.1. The molecule has 0 unspecified atom stereocenters. The number of hydrogen-bond donors (Lipinski definition) is 3. The summed E-state index contributed by atoms with van der Waals surface area (Å²) in [7, 11) is 0. The number of amides is 2. The summed E-state index contributed by atoms with van der Waals surface area (Å²) in [5.74, 6) is -2.76. The third-order valence-electron chi connectivity index (χ3n) is 4.67. The second kappa shape index (κ2) is 9.03. The van der Waals surface area contributed by atoms with Crippen molar-refractivity contribution in [2.75, 3.05) is 13.2 Å². The van der Waals surface area contributed by atoms with Crippen molar-refractivity contribution in [1.29, 1.82) is 0 Å². The summed E-state index contributed by atoms with van der Waals surface area (Å²) < 4.78 is 5.20. The van der Waals surface area contributed by atoms with E-state index in [-0.39, 0.29) is 35.3 Å². The standard InChI is InChI=1S/C20H20N4O6/c1-2-30-16-9-14(24(28)29)8-13(18(16)25)10-22-23-20(27)17-15(11-21-19(17)26)12-6-4-3-5-7-12/h3-10,15,17,25H,2,11H2,1H3,(H,21,26)(H,23,27)/b22-10+/t15-,17+/m0/s1. The van der Waals surface area contributed by atoms with Gasteiger partial charge in [-0.25, -0.2) is 5.43 Å². The summed E-state index contributed by atoms with van der Waals surface area (Å²) in [4.78, 5) is 35.2. The van der Waals surface area contributed by atoms with Gasteiger partial charge in [0.15, 0.2) is 11.5 Å². The molecular formula is C20H20N4O6. The van der Waals surface area contributed by atoms with E-state index < -0.39 is 22.7 Å². The summed E-state index contributed by atoms with van der Waals surface area (Å²) in [6, 6.07) is 11.4. The molecule has 0 radical (unpaired) electrons. The first-order valence-corrected chi connectivity index (χ1v) is 9.22. The van der Waals surface area contributed by atoms with Crippen LogP contribution in [-0.4, -0.2) is 41.2 Å². The van der Waals surface area contributed by atoms with Gasteiger partial charge >= 0.3 is 0 Å². The highest BCUT2D eigenvalue weighted by atomic mass is 16.6. The fourth-order valence-electron chi connectivity index (χ4n) is 3.25. The number of carbonyl (C=O) groups is 2. The van der Waals surface area contributed by atoms with E-state index in [2.05, 4.69) is 15.8 Å². The highest BCUT2D eigenvalue weighted by Crippen LogP contribution is 2.34. The third kappa shape index (κ3) is 4.37. The number of aromatic hydroxyl groups is 1. The molecule has 30 heavy (non-hydrogen) atoms. The Balaban J connectivity index is 1.78. The minimum absolute atomic E-state index is 0.0107. The van der Waals surface area contributed by atoms with E-state index in [1.54, 1.807) is 6.92 Å². The number of non-ortho nitro benzene ring substituents is 1. The van der Waals surface area contributed by atoms with Crippen LogP contribution >= 0.6 is 0 Å². The van der Waals surface area contributed by atoms with Gasteiger partial charge in [-0.15, -0.1) is 0 Å². The lowest BCUT2D eigenvalue weighted by Gasteiger charge is -2.15. The zero-order chi connectivity index (χ0) is 21.7. The zero-order valence-electron chi connectivity index (χ0n) is 16.1. The topological polar surface area (TPSA) is 143 Å². The minimum Gasteiger partial charge on any atom is -0.504 e. The van der Waals surface area contributed by atoms with Gasteiger partial charge in [-0.3, -0.25) is 19.7 Å². The molecule has 1 aliphatic heterocycles. The molecule has 10 heteroatoms. The van der Waals surface area contributed by atoms with Crippen molar-refractivity contribution in [3.63, 3.8) is 0 Å². The van der Waals surface area contributed by atoms with Gasteiger partial charge in [0.25, 0.3) is 11.6 Å². The number of nitro benzene ring substituents is 1. The molecule has 2 atom stereocenters. The first-order valence-electron chi connectivity index (χ1n) is 9.22. The molecule has 1 heterocycles. The molecule has 0 aliphatic carbocycles. The van der Waals surface area contributed by atoms with Crippen LogP contribution in [0.3, 0.4) is 0 Å². The van der Waals surface area contributed by atoms with Crippen LogP contribution in [0, 0.1) is 16.0 Å². The van der Waals surface area contributed by atoms with Gasteiger partial charge in [0.1, 0.15) is 5.92 Å². The van der Waals surface area contributed by atoms with Crippen LogP contribution in [0.5, 0.6) is 11.5 Å². The summed E-state index contributed by atoms with van der Waals surface area (Å²) in [5, 5.41) is 27.8. The van der Waals surface area contributed by atoms with E-state index >= 15 is 0 Å². The predicted octanol–water partition coefficient (Wildman–Crippen LogP) is 1.68. The van der Waals surface area contributed by atoms with E-state index in [9.17, 15) is 24.8 Å². The Bertz CT molecular complexity index is 992. The molecule has 2 aromatic rings. The van der Waals surface area contributed by atoms with Gasteiger partial charge in [0, 0.05) is 24.1 Å². The molecule has 0 aromatic heterocycles. The number of nitrogens with zero attached hydrogens (tertiary/aromatic N) is 2. The molecule has 0 bridgehead atoms. The Labute approximate surface area is 171 Å². The largest absolute Gasteiger partial charge is 0.504 e. The van der Waals surface area contributed by atoms with Crippen molar-refractivity contribution in [3.05, 3.63) is 63.7 Å². The summed E-state index contributed by atoms with van der Waals surface area (Å²) in [6.07, 6.45) is 1.06. The molecule has 0 spiro atoms. The smallest absolute Gasteiger partial charge is 0.274 e. The summed E-state index contributed by atoms with van der Waals surface area (Å²) in [5.41, 5.74) is 2.81. The van der Waals surface area contributed by atoms with Crippen LogP contribution in [0.25, 0.3) is 0 Å². The van der Waals surface area contributed by atoms with Gasteiger partial charge in [0.2, 0.25) is 5.91 Å². The maximum atomic E-state index is 12.6. The Morgan fingerprint density at radius 2 is 2.13 bits per heavy atom. The number of phenolic OH excluding ortho intramolecular Hbond substituents is 1. The molecule has 3 N–H and O–H groups in total. The van der Waals surface area contributed by atoms with Crippen LogP contribution < -0.4 is 15.5 Å². The lowest BCUT2D eigenvalue weighted by Crippen LogP contribution is -2.34. The summed E-state index contributed by atoms with van der Waals surface area (Å²) in [6.45, 7) is 2.19. The predicted molar refractivity (Wildman–Crippen MR) is 107 cm³/mol. The number of hydrazone groups is 1. The molecule has 3 rings (SSSR count). The molecule has 2 amide bonds. The van der Waals surface area contributed by atoms with E-state index in [1.165, 1.54) is 0 Å². The molecule has 2 aromatic carbocycles. The Morgan fingerprint density at radius 1 is 1.40 bits per heavy atom. The number of phenols is 1. The van der Waals surface area contributed by atoms with Crippen molar-refractivity contribution in [3.8, 4) is 11.5 Å². The van der Waals surface area contributed by atoms with Crippen molar-refractivity contribution >= 4 is 23.7 Å². The maximum absolute atomic E-state index is 12.6. The Kier molecular flexibility index (Phi) is 6.26. The fraction of sp³-hybridized carbons (Fsp3) is 0.250. The van der Waals surface area contributed by atoms with Gasteiger partial charge in [-0.2, -0.15) is 5.10 Å². The normalized spacial score (nSPS) is 18.2. The van der Waals surface area contributed by atoms with E-state index in [1.807, 2.05) is 30.3 Å². The fourth-order valence-corrected chi connectivity index (χ4v) is 3.25. The highest BCUT2D eigenvalue weighted by Gasteiger charge is 2.40. The van der Waals surface area contributed by atoms with E-state index in [4.69, 9.17) is 4.74 Å². The molecule has 10 nitrogen and oxygen atoms in total. The van der Waals surface area contributed by atoms with Crippen molar-refractivity contribution in [2.24, 2.45) is 11.0 Å². The second-order valence-corrected chi connectivity index (χ2v) is 6.55. The molecule has 1 fully saturated rings. The molecule has 156 valence electrons. The minimum atomic E-state index is -0.970. The molecule has 1 saturated heterocycles. The number of nitro groups is 1. The lowest BCUT2D eigenvalue weighted by molar-refractivity contribution is -0.385. The number of carbonyl (C=O) groups excluding carboxylic acids is 2. The molecular weight excluding hydrogens is 392 g/mol. The lowest BCUT2D eigenvalue weighted by atomic mass is 9.88. The molecule has 1 aliphatic rings. The number of benzene rings is 2. The average Bonchev–Trinajstić information content (AvgIpc) is 3.12. The van der Waals surface area contributed by atoms with Gasteiger partial charge in [-0.05, 0) is 12.5 Å². The van der Waals surface area contributed by atoms with Crippen LogP contribution in [0.15, 0.2) is 47.6 Å². The number of ether oxygens (including phenoxy) is 1. The average molecular weight is 412 g/mol. The van der Waals surface area contributed by atoms with Gasteiger partial charge < -0.3 is 15.2 Å². The number of hydrogen-bond acceptors (Lipinski definition) is 7. The second-order valence-electron chi connectivity index (χ2n) is 6.55. The summed E-state index contributed by atoms with van der Waals surface area (Å²) >= 11 is 0.